The SMILES string of the molecule is CCCNc1nc(N(C)C)nc(N(C)C(C)CC)n1. The summed E-state index contributed by atoms with van der Waals surface area (Å²) in [7, 11) is 5.89. The summed E-state index contributed by atoms with van der Waals surface area (Å²) in [5, 5.41) is 3.23. The summed E-state index contributed by atoms with van der Waals surface area (Å²) in [4.78, 5) is 17.4. The zero-order valence-electron chi connectivity index (χ0n) is 12.9. The minimum absolute atomic E-state index is 0.399. The second-order valence-electron chi connectivity index (χ2n) is 4.95. The molecule has 0 bridgehead atoms. The molecule has 1 aromatic heterocycles. The van der Waals surface area contributed by atoms with Crippen LogP contribution in [0.3, 0.4) is 0 Å². The van der Waals surface area contributed by atoms with Crippen LogP contribution in [0.5, 0.6) is 0 Å². The second-order valence-corrected chi connectivity index (χ2v) is 4.95. The molecule has 1 rings (SSSR count). The third-order valence-electron chi connectivity index (χ3n) is 3.11. The van der Waals surface area contributed by atoms with Crippen molar-refractivity contribution in [2.24, 2.45) is 0 Å². The monoisotopic (exact) mass is 266 g/mol. The molecule has 1 heterocycles. The van der Waals surface area contributed by atoms with Gasteiger partial charge in [-0.1, -0.05) is 13.8 Å². The molecule has 0 saturated carbocycles. The van der Waals surface area contributed by atoms with E-state index in [2.05, 4.69) is 45.9 Å². The van der Waals surface area contributed by atoms with Gasteiger partial charge in [0.05, 0.1) is 0 Å². The minimum Gasteiger partial charge on any atom is -0.354 e. The first-order chi connectivity index (χ1) is 8.99. The highest BCUT2D eigenvalue weighted by molar-refractivity contribution is 5.44. The summed E-state index contributed by atoms with van der Waals surface area (Å²) in [6, 6.07) is 0.399. The molecule has 1 aromatic rings. The molecule has 0 saturated heterocycles. The second kappa shape index (κ2) is 7.11. The maximum atomic E-state index is 4.50. The van der Waals surface area contributed by atoms with Crippen LogP contribution in [-0.4, -0.2) is 48.7 Å². The first-order valence-corrected chi connectivity index (χ1v) is 6.89. The molecule has 1 N–H and O–H groups in total. The highest BCUT2D eigenvalue weighted by atomic mass is 15.3. The van der Waals surface area contributed by atoms with E-state index in [1.165, 1.54) is 0 Å². The van der Waals surface area contributed by atoms with E-state index < -0.39 is 0 Å². The summed E-state index contributed by atoms with van der Waals surface area (Å²) in [6.07, 6.45) is 2.09. The standard InChI is InChI=1S/C13H26N6/c1-7-9-14-11-15-12(18(4)5)17-13(16-11)19(6)10(3)8-2/h10H,7-9H2,1-6H3,(H,14,15,16,17). The van der Waals surface area contributed by atoms with Crippen LogP contribution in [0.1, 0.15) is 33.6 Å². The molecule has 0 amide bonds. The van der Waals surface area contributed by atoms with Gasteiger partial charge in [0.15, 0.2) is 0 Å². The van der Waals surface area contributed by atoms with Crippen LogP contribution in [0, 0.1) is 0 Å². The molecule has 108 valence electrons. The van der Waals surface area contributed by atoms with Crippen LogP contribution in [0.4, 0.5) is 17.8 Å². The van der Waals surface area contributed by atoms with Crippen molar-refractivity contribution in [1.29, 1.82) is 0 Å². The fraction of sp³-hybridized carbons (Fsp3) is 0.769. The molecular formula is C13H26N6. The van der Waals surface area contributed by atoms with Gasteiger partial charge < -0.3 is 15.1 Å². The van der Waals surface area contributed by atoms with Crippen molar-refractivity contribution >= 4 is 17.8 Å². The van der Waals surface area contributed by atoms with Gasteiger partial charge in [-0.25, -0.2) is 0 Å². The van der Waals surface area contributed by atoms with Gasteiger partial charge in [-0.15, -0.1) is 0 Å². The van der Waals surface area contributed by atoms with Crippen molar-refractivity contribution in [3.8, 4) is 0 Å². The maximum absolute atomic E-state index is 4.50. The van der Waals surface area contributed by atoms with Crippen molar-refractivity contribution in [3.63, 3.8) is 0 Å². The predicted octanol–water partition coefficient (Wildman–Crippen LogP) is 1.99. The summed E-state index contributed by atoms with van der Waals surface area (Å²) in [5.41, 5.74) is 0. The van der Waals surface area contributed by atoms with Crippen molar-refractivity contribution in [1.82, 2.24) is 15.0 Å². The van der Waals surface area contributed by atoms with Gasteiger partial charge in [0, 0.05) is 33.7 Å². The number of hydrogen-bond donors (Lipinski definition) is 1. The number of nitrogens with zero attached hydrogens (tertiary/aromatic N) is 5. The van der Waals surface area contributed by atoms with Gasteiger partial charge in [0.2, 0.25) is 17.8 Å². The molecule has 0 aliphatic carbocycles. The van der Waals surface area contributed by atoms with Crippen LogP contribution in [0.25, 0.3) is 0 Å². The van der Waals surface area contributed by atoms with Gasteiger partial charge in [0.1, 0.15) is 0 Å². The summed E-state index contributed by atoms with van der Waals surface area (Å²) >= 11 is 0. The van der Waals surface area contributed by atoms with E-state index in [0.717, 1.165) is 19.4 Å². The normalized spacial score (nSPS) is 12.1. The van der Waals surface area contributed by atoms with Crippen molar-refractivity contribution < 1.29 is 0 Å². The molecule has 0 spiro atoms. The Bertz CT molecular complexity index is 393. The average Bonchev–Trinajstić information content (AvgIpc) is 2.42. The van der Waals surface area contributed by atoms with Crippen molar-refractivity contribution in [3.05, 3.63) is 0 Å². The van der Waals surface area contributed by atoms with E-state index in [0.29, 0.717) is 23.9 Å². The molecule has 1 unspecified atom stereocenters. The molecule has 0 aliphatic heterocycles. The van der Waals surface area contributed by atoms with E-state index in [-0.39, 0.29) is 0 Å². The first-order valence-electron chi connectivity index (χ1n) is 6.89. The number of hydrogen-bond acceptors (Lipinski definition) is 6. The molecule has 6 heteroatoms. The van der Waals surface area contributed by atoms with Gasteiger partial charge in [0.25, 0.3) is 0 Å². The zero-order chi connectivity index (χ0) is 14.4. The average molecular weight is 266 g/mol. The Balaban J connectivity index is 3.05. The topological polar surface area (TPSA) is 57.2 Å². The molecule has 19 heavy (non-hydrogen) atoms. The minimum atomic E-state index is 0.399. The molecule has 0 radical (unpaired) electrons. The molecule has 6 nitrogen and oxygen atoms in total. The van der Waals surface area contributed by atoms with E-state index in [1.54, 1.807) is 0 Å². The molecule has 0 aromatic carbocycles. The summed E-state index contributed by atoms with van der Waals surface area (Å²) in [6.45, 7) is 7.31. The Kier molecular flexibility index (Phi) is 5.79. The first kappa shape index (κ1) is 15.5. The number of nitrogens with one attached hydrogen (secondary N) is 1. The number of aromatic nitrogens is 3. The molecule has 0 aliphatic rings. The van der Waals surface area contributed by atoms with Crippen LogP contribution in [0.2, 0.25) is 0 Å². The van der Waals surface area contributed by atoms with Crippen molar-refractivity contribution in [2.45, 2.75) is 39.7 Å². The van der Waals surface area contributed by atoms with E-state index in [1.807, 2.05) is 26.0 Å². The van der Waals surface area contributed by atoms with Gasteiger partial charge >= 0.3 is 0 Å². The fourth-order valence-corrected chi connectivity index (χ4v) is 1.50. The number of anilines is 3. The third-order valence-corrected chi connectivity index (χ3v) is 3.11. The third kappa shape index (κ3) is 4.22. The van der Waals surface area contributed by atoms with Gasteiger partial charge in [-0.2, -0.15) is 15.0 Å². The quantitative estimate of drug-likeness (QED) is 0.814. The fourth-order valence-electron chi connectivity index (χ4n) is 1.50. The highest BCUT2D eigenvalue weighted by Crippen LogP contribution is 2.16. The van der Waals surface area contributed by atoms with Crippen molar-refractivity contribution in [2.75, 3.05) is 42.8 Å². The Hall–Kier alpha value is -1.59. The van der Waals surface area contributed by atoms with E-state index >= 15 is 0 Å². The highest BCUT2D eigenvalue weighted by Gasteiger charge is 2.14. The predicted molar refractivity (Wildman–Crippen MR) is 81.1 cm³/mol. The van der Waals surface area contributed by atoms with E-state index in [4.69, 9.17) is 0 Å². The maximum Gasteiger partial charge on any atom is 0.231 e. The lowest BCUT2D eigenvalue weighted by atomic mass is 10.2. The van der Waals surface area contributed by atoms with E-state index in [9.17, 15) is 0 Å². The molecular weight excluding hydrogens is 240 g/mol. The van der Waals surface area contributed by atoms with Crippen LogP contribution in [0.15, 0.2) is 0 Å². The molecule has 0 fully saturated rings. The van der Waals surface area contributed by atoms with Crippen LogP contribution in [-0.2, 0) is 0 Å². The van der Waals surface area contributed by atoms with Gasteiger partial charge in [-0.05, 0) is 19.8 Å². The van der Waals surface area contributed by atoms with Crippen LogP contribution >= 0.6 is 0 Å². The Morgan fingerprint density at radius 3 is 2.21 bits per heavy atom. The zero-order valence-corrected chi connectivity index (χ0v) is 12.9. The largest absolute Gasteiger partial charge is 0.354 e. The van der Waals surface area contributed by atoms with Gasteiger partial charge in [-0.3, -0.25) is 0 Å². The molecule has 1 atom stereocenters. The van der Waals surface area contributed by atoms with Crippen LogP contribution < -0.4 is 15.1 Å². The Morgan fingerprint density at radius 1 is 1.05 bits per heavy atom. The lowest BCUT2D eigenvalue weighted by molar-refractivity contribution is 0.646. The summed E-state index contributed by atoms with van der Waals surface area (Å²) < 4.78 is 0. The lowest BCUT2D eigenvalue weighted by Gasteiger charge is -2.25. The Morgan fingerprint density at radius 2 is 1.68 bits per heavy atom. The lowest BCUT2D eigenvalue weighted by Crippen LogP contribution is -2.31. The smallest absolute Gasteiger partial charge is 0.231 e. The summed E-state index contributed by atoms with van der Waals surface area (Å²) in [5.74, 6) is 2.04. The number of rotatable bonds is 7. The Labute approximate surface area is 116 Å².